The molecule has 4 rings (SSSR count). The number of hydrogen-bond acceptors (Lipinski definition) is 5. The molecule has 0 spiro atoms. The molecule has 1 atom stereocenters. The van der Waals surface area contributed by atoms with Crippen molar-refractivity contribution in [2.75, 3.05) is 11.1 Å². The lowest BCUT2D eigenvalue weighted by atomic mass is 9.88. The molecule has 0 fully saturated rings. The second-order valence-electron chi connectivity index (χ2n) is 7.41. The minimum absolute atomic E-state index is 0.0428. The molecule has 0 radical (unpaired) electrons. The first-order chi connectivity index (χ1) is 14.5. The van der Waals surface area contributed by atoms with E-state index in [2.05, 4.69) is 27.8 Å². The van der Waals surface area contributed by atoms with Gasteiger partial charge in [0, 0.05) is 28.4 Å². The van der Waals surface area contributed by atoms with E-state index in [9.17, 15) is 13.6 Å². The van der Waals surface area contributed by atoms with E-state index in [0.717, 1.165) is 36.4 Å². The maximum atomic E-state index is 13.7. The maximum absolute atomic E-state index is 13.7. The molecular weight excluding hydrogens is 426 g/mol. The zero-order valence-electron chi connectivity index (χ0n) is 16.7. The van der Waals surface area contributed by atoms with Crippen LogP contribution in [0.25, 0.3) is 11.4 Å². The number of thiophene rings is 1. The van der Waals surface area contributed by atoms with Crippen LogP contribution in [0.5, 0.6) is 0 Å². The van der Waals surface area contributed by atoms with Crippen molar-refractivity contribution < 1.29 is 13.6 Å². The Balaban J connectivity index is 1.47. The smallest absolute Gasteiger partial charge is 0.234 e. The van der Waals surface area contributed by atoms with Crippen LogP contribution in [0.2, 0.25) is 0 Å². The number of hydrogen-bond donors (Lipinski definition) is 1. The number of aromatic nitrogens is 3. The summed E-state index contributed by atoms with van der Waals surface area (Å²) in [4.78, 5) is 13.7. The summed E-state index contributed by atoms with van der Waals surface area (Å²) in [6.45, 7) is 4.99. The topological polar surface area (TPSA) is 59.8 Å². The number of carbonyl (C=O) groups is 1. The van der Waals surface area contributed by atoms with Crippen molar-refractivity contribution in [2.24, 2.45) is 5.92 Å². The summed E-state index contributed by atoms with van der Waals surface area (Å²) in [5, 5.41) is 14.0. The SMILES string of the molecule is CCn1c(SCC(=O)Nc2ccc(F)cc2F)nnc1-c1csc2c1CCC(C)C2. The van der Waals surface area contributed by atoms with Crippen molar-refractivity contribution >= 4 is 34.7 Å². The van der Waals surface area contributed by atoms with E-state index >= 15 is 0 Å². The van der Waals surface area contributed by atoms with E-state index in [0.29, 0.717) is 17.6 Å². The van der Waals surface area contributed by atoms with Crippen molar-refractivity contribution in [2.45, 2.75) is 44.8 Å². The summed E-state index contributed by atoms with van der Waals surface area (Å²) < 4.78 is 28.7. The van der Waals surface area contributed by atoms with Gasteiger partial charge in [-0.1, -0.05) is 18.7 Å². The van der Waals surface area contributed by atoms with Crippen LogP contribution in [-0.4, -0.2) is 26.4 Å². The molecule has 2 aromatic heterocycles. The molecule has 1 aliphatic carbocycles. The monoisotopic (exact) mass is 448 g/mol. The van der Waals surface area contributed by atoms with E-state index in [1.807, 2.05) is 11.5 Å². The third kappa shape index (κ3) is 4.27. The van der Waals surface area contributed by atoms with Crippen molar-refractivity contribution in [3.8, 4) is 11.4 Å². The van der Waals surface area contributed by atoms with E-state index in [-0.39, 0.29) is 17.3 Å². The highest BCUT2D eigenvalue weighted by Gasteiger charge is 2.24. The van der Waals surface area contributed by atoms with Crippen LogP contribution in [0, 0.1) is 17.6 Å². The van der Waals surface area contributed by atoms with Crippen molar-refractivity contribution in [3.05, 3.63) is 45.7 Å². The Hall–Kier alpha value is -2.26. The van der Waals surface area contributed by atoms with Gasteiger partial charge in [0.05, 0.1) is 11.4 Å². The number of anilines is 1. The lowest BCUT2D eigenvalue weighted by Gasteiger charge is -2.19. The predicted molar refractivity (Wildman–Crippen MR) is 116 cm³/mol. The van der Waals surface area contributed by atoms with Crippen LogP contribution in [0.4, 0.5) is 14.5 Å². The standard InChI is InChI=1S/C21H22F2N4OS2/c1-3-27-20(15-10-29-18-8-12(2)4-6-14(15)18)25-26-21(27)30-11-19(28)24-17-7-5-13(22)9-16(17)23/h5,7,9-10,12H,3-4,6,8,11H2,1-2H3,(H,24,28). The number of nitrogens with zero attached hydrogens (tertiary/aromatic N) is 3. The number of nitrogens with one attached hydrogen (secondary N) is 1. The lowest BCUT2D eigenvalue weighted by Crippen LogP contribution is -2.15. The molecule has 3 aromatic rings. The van der Waals surface area contributed by atoms with Gasteiger partial charge in [0.15, 0.2) is 11.0 Å². The molecule has 0 saturated carbocycles. The molecule has 158 valence electrons. The quantitative estimate of drug-likeness (QED) is 0.529. The average Bonchev–Trinajstić information content (AvgIpc) is 3.31. The maximum Gasteiger partial charge on any atom is 0.234 e. The summed E-state index contributed by atoms with van der Waals surface area (Å²) in [6.07, 6.45) is 3.35. The van der Waals surface area contributed by atoms with Gasteiger partial charge in [0.1, 0.15) is 11.6 Å². The number of amides is 1. The molecule has 1 unspecified atom stereocenters. The average molecular weight is 449 g/mol. The number of thioether (sulfide) groups is 1. The van der Waals surface area contributed by atoms with Gasteiger partial charge in [-0.05, 0) is 49.8 Å². The van der Waals surface area contributed by atoms with Crippen LogP contribution in [0.1, 0.15) is 30.7 Å². The number of halogens is 2. The van der Waals surface area contributed by atoms with Gasteiger partial charge in [-0.25, -0.2) is 8.78 Å². The van der Waals surface area contributed by atoms with E-state index in [1.165, 1.54) is 34.7 Å². The Morgan fingerprint density at radius 3 is 2.97 bits per heavy atom. The zero-order chi connectivity index (χ0) is 21.3. The Labute approximate surface area is 181 Å². The fraction of sp³-hybridized carbons (Fsp3) is 0.381. The highest BCUT2D eigenvalue weighted by molar-refractivity contribution is 7.99. The van der Waals surface area contributed by atoms with Gasteiger partial charge in [-0.15, -0.1) is 21.5 Å². The van der Waals surface area contributed by atoms with E-state index in [4.69, 9.17) is 0 Å². The summed E-state index contributed by atoms with van der Waals surface area (Å²) in [6, 6.07) is 3.06. The summed E-state index contributed by atoms with van der Waals surface area (Å²) in [5.41, 5.74) is 2.47. The molecular formula is C21H22F2N4OS2. The molecule has 0 bridgehead atoms. The normalized spacial score (nSPS) is 15.8. The third-order valence-corrected chi connectivity index (χ3v) is 7.23. The number of benzene rings is 1. The Morgan fingerprint density at radius 1 is 1.37 bits per heavy atom. The second kappa shape index (κ2) is 8.85. The molecule has 0 saturated heterocycles. The molecule has 1 N–H and O–H groups in total. The fourth-order valence-electron chi connectivity index (χ4n) is 3.65. The van der Waals surface area contributed by atoms with Crippen LogP contribution in [0.15, 0.2) is 28.7 Å². The van der Waals surface area contributed by atoms with Gasteiger partial charge >= 0.3 is 0 Å². The minimum atomic E-state index is -0.802. The molecule has 1 amide bonds. The lowest BCUT2D eigenvalue weighted by molar-refractivity contribution is -0.113. The van der Waals surface area contributed by atoms with Crippen LogP contribution in [-0.2, 0) is 24.2 Å². The molecule has 9 heteroatoms. The van der Waals surface area contributed by atoms with Crippen molar-refractivity contribution in [3.63, 3.8) is 0 Å². The number of carbonyl (C=O) groups excluding carboxylic acids is 1. The Bertz CT molecular complexity index is 1080. The largest absolute Gasteiger partial charge is 0.323 e. The first-order valence-electron chi connectivity index (χ1n) is 9.86. The summed E-state index contributed by atoms with van der Waals surface area (Å²) in [5.74, 6) is -0.286. The fourth-order valence-corrected chi connectivity index (χ4v) is 5.70. The number of fused-ring (bicyclic) bond motifs is 1. The Kier molecular flexibility index (Phi) is 6.19. The highest BCUT2D eigenvalue weighted by Crippen LogP contribution is 2.38. The summed E-state index contributed by atoms with van der Waals surface area (Å²) in [7, 11) is 0. The minimum Gasteiger partial charge on any atom is -0.323 e. The zero-order valence-corrected chi connectivity index (χ0v) is 18.4. The van der Waals surface area contributed by atoms with E-state index in [1.54, 1.807) is 11.3 Å². The van der Waals surface area contributed by atoms with Gasteiger partial charge in [0.2, 0.25) is 5.91 Å². The molecule has 0 aliphatic heterocycles. The molecule has 30 heavy (non-hydrogen) atoms. The molecule has 1 aromatic carbocycles. The first kappa shape index (κ1) is 21.0. The van der Waals surface area contributed by atoms with Crippen molar-refractivity contribution in [1.29, 1.82) is 0 Å². The molecule has 2 heterocycles. The van der Waals surface area contributed by atoms with Gasteiger partial charge in [0.25, 0.3) is 0 Å². The van der Waals surface area contributed by atoms with Crippen molar-refractivity contribution in [1.82, 2.24) is 14.8 Å². The van der Waals surface area contributed by atoms with Crippen LogP contribution < -0.4 is 5.32 Å². The Morgan fingerprint density at radius 2 is 2.20 bits per heavy atom. The van der Waals surface area contributed by atoms with Gasteiger partial charge in [-0.3, -0.25) is 4.79 Å². The molecule has 5 nitrogen and oxygen atoms in total. The highest BCUT2D eigenvalue weighted by atomic mass is 32.2. The van der Waals surface area contributed by atoms with Gasteiger partial charge < -0.3 is 9.88 Å². The van der Waals surface area contributed by atoms with E-state index < -0.39 is 11.6 Å². The summed E-state index contributed by atoms with van der Waals surface area (Å²) >= 11 is 3.03. The predicted octanol–water partition coefficient (Wildman–Crippen LogP) is 5.16. The first-order valence-corrected chi connectivity index (χ1v) is 11.7. The number of rotatable bonds is 6. The van der Waals surface area contributed by atoms with Crippen LogP contribution in [0.3, 0.4) is 0 Å². The van der Waals surface area contributed by atoms with Crippen LogP contribution >= 0.6 is 23.1 Å². The third-order valence-electron chi connectivity index (χ3n) is 5.21. The van der Waals surface area contributed by atoms with Gasteiger partial charge in [-0.2, -0.15) is 0 Å². The second-order valence-corrected chi connectivity index (χ2v) is 9.32. The molecule has 1 aliphatic rings.